The van der Waals surface area contributed by atoms with Crippen molar-refractivity contribution >= 4 is 5.91 Å². The standard InChI is InChI=1S/C13H26N2O/c1-4-11(9-14)13(16)15(3)12-7-5-10(2)6-8-12/h10-12H,4-9,14H2,1-3H3. The molecule has 16 heavy (non-hydrogen) atoms. The molecule has 2 N–H and O–H groups in total. The molecule has 1 fully saturated rings. The van der Waals surface area contributed by atoms with Gasteiger partial charge in [-0.15, -0.1) is 0 Å². The van der Waals surface area contributed by atoms with Gasteiger partial charge in [-0.25, -0.2) is 0 Å². The largest absolute Gasteiger partial charge is 0.342 e. The third-order valence-electron chi connectivity index (χ3n) is 4.01. The zero-order valence-corrected chi connectivity index (χ0v) is 10.9. The van der Waals surface area contributed by atoms with E-state index in [1.165, 1.54) is 12.8 Å². The lowest BCUT2D eigenvalue weighted by molar-refractivity contribution is -0.136. The van der Waals surface area contributed by atoms with Crippen LogP contribution in [-0.2, 0) is 4.79 Å². The van der Waals surface area contributed by atoms with Crippen LogP contribution in [0.5, 0.6) is 0 Å². The predicted molar refractivity (Wildman–Crippen MR) is 67.0 cm³/mol. The van der Waals surface area contributed by atoms with Crippen LogP contribution in [0, 0.1) is 11.8 Å². The molecule has 1 unspecified atom stereocenters. The Kier molecular flexibility index (Phi) is 5.26. The summed E-state index contributed by atoms with van der Waals surface area (Å²) in [5, 5.41) is 0. The Morgan fingerprint density at radius 2 is 1.94 bits per heavy atom. The minimum Gasteiger partial charge on any atom is -0.342 e. The van der Waals surface area contributed by atoms with Gasteiger partial charge in [0.25, 0.3) is 0 Å². The van der Waals surface area contributed by atoms with Crippen LogP contribution in [0.15, 0.2) is 0 Å². The Labute approximate surface area is 99.4 Å². The molecule has 0 saturated heterocycles. The average molecular weight is 226 g/mol. The number of hydrogen-bond acceptors (Lipinski definition) is 2. The van der Waals surface area contributed by atoms with Gasteiger partial charge in [0.1, 0.15) is 0 Å². The normalized spacial score (nSPS) is 27.5. The fourth-order valence-electron chi connectivity index (χ4n) is 2.54. The van der Waals surface area contributed by atoms with Gasteiger partial charge in [0.2, 0.25) is 5.91 Å². The molecule has 1 atom stereocenters. The maximum atomic E-state index is 12.1. The number of carbonyl (C=O) groups excluding carboxylic acids is 1. The van der Waals surface area contributed by atoms with Crippen molar-refractivity contribution in [2.24, 2.45) is 17.6 Å². The molecule has 1 amide bonds. The first-order chi connectivity index (χ1) is 7.60. The lowest BCUT2D eigenvalue weighted by atomic mass is 9.86. The van der Waals surface area contributed by atoms with Crippen molar-refractivity contribution in [3.63, 3.8) is 0 Å². The molecular formula is C13H26N2O. The van der Waals surface area contributed by atoms with Crippen LogP contribution < -0.4 is 5.73 Å². The molecule has 0 aromatic carbocycles. The van der Waals surface area contributed by atoms with Crippen molar-refractivity contribution in [3.05, 3.63) is 0 Å². The molecule has 1 saturated carbocycles. The SMILES string of the molecule is CCC(CN)C(=O)N(C)C1CCC(C)CC1. The van der Waals surface area contributed by atoms with Crippen LogP contribution in [0.1, 0.15) is 46.0 Å². The van der Waals surface area contributed by atoms with Gasteiger partial charge in [0.15, 0.2) is 0 Å². The van der Waals surface area contributed by atoms with Crippen LogP contribution in [0.4, 0.5) is 0 Å². The van der Waals surface area contributed by atoms with Crippen molar-refractivity contribution in [3.8, 4) is 0 Å². The van der Waals surface area contributed by atoms with Gasteiger partial charge in [0, 0.05) is 19.6 Å². The Morgan fingerprint density at radius 3 is 2.38 bits per heavy atom. The number of amides is 1. The molecule has 1 rings (SSSR count). The highest BCUT2D eigenvalue weighted by molar-refractivity contribution is 5.79. The summed E-state index contributed by atoms with van der Waals surface area (Å²) in [7, 11) is 1.95. The quantitative estimate of drug-likeness (QED) is 0.797. The fraction of sp³-hybridized carbons (Fsp3) is 0.923. The van der Waals surface area contributed by atoms with E-state index in [0.717, 1.165) is 25.2 Å². The van der Waals surface area contributed by atoms with E-state index in [-0.39, 0.29) is 11.8 Å². The minimum atomic E-state index is 0.0179. The Bertz CT molecular complexity index is 218. The van der Waals surface area contributed by atoms with Crippen molar-refractivity contribution in [1.29, 1.82) is 0 Å². The molecule has 0 heterocycles. The zero-order valence-electron chi connectivity index (χ0n) is 10.9. The second kappa shape index (κ2) is 6.24. The summed E-state index contributed by atoms with van der Waals surface area (Å²) < 4.78 is 0. The van der Waals surface area contributed by atoms with Gasteiger partial charge in [-0.1, -0.05) is 13.8 Å². The highest BCUT2D eigenvalue weighted by Crippen LogP contribution is 2.27. The number of carbonyl (C=O) groups is 1. The third kappa shape index (κ3) is 3.21. The van der Waals surface area contributed by atoms with Crippen LogP contribution in [-0.4, -0.2) is 30.4 Å². The second-order valence-electron chi connectivity index (χ2n) is 5.20. The summed E-state index contributed by atoms with van der Waals surface area (Å²) >= 11 is 0. The monoisotopic (exact) mass is 226 g/mol. The van der Waals surface area contributed by atoms with E-state index in [0.29, 0.717) is 12.6 Å². The van der Waals surface area contributed by atoms with Crippen molar-refractivity contribution in [1.82, 2.24) is 4.90 Å². The molecule has 0 aliphatic heterocycles. The number of nitrogens with two attached hydrogens (primary N) is 1. The van der Waals surface area contributed by atoms with Gasteiger partial charge in [0.05, 0.1) is 5.92 Å². The van der Waals surface area contributed by atoms with E-state index in [1.54, 1.807) is 0 Å². The van der Waals surface area contributed by atoms with E-state index in [1.807, 2.05) is 18.9 Å². The number of rotatable bonds is 4. The maximum Gasteiger partial charge on any atom is 0.226 e. The second-order valence-corrected chi connectivity index (χ2v) is 5.20. The fourth-order valence-corrected chi connectivity index (χ4v) is 2.54. The van der Waals surface area contributed by atoms with E-state index in [9.17, 15) is 4.79 Å². The molecule has 0 aromatic rings. The van der Waals surface area contributed by atoms with E-state index in [4.69, 9.17) is 5.73 Å². The number of hydrogen-bond donors (Lipinski definition) is 1. The van der Waals surface area contributed by atoms with E-state index < -0.39 is 0 Å². The summed E-state index contributed by atoms with van der Waals surface area (Å²) in [6.07, 6.45) is 5.67. The minimum absolute atomic E-state index is 0.0179. The lowest BCUT2D eigenvalue weighted by Crippen LogP contribution is -2.44. The van der Waals surface area contributed by atoms with Crippen LogP contribution in [0.2, 0.25) is 0 Å². The summed E-state index contributed by atoms with van der Waals surface area (Å²) in [4.78, 5) is 14.1. The van der Waals surface area contributed by atoms with Gasteiger partial charge >= 0.3 is 0 Å². The highest BCUT2D eigenvalue weighted by atomic mass is 16.2. The summed E-state index contributed by atoms with van der Waals surface area (Å²) in [6.45, 7) is 4.81. The van der Waals surface area contributed by atoms with E-state index >= 15 is 0 Å². The first-order valence-corrected chi connectivity index (χ1v) is 6.56. The molecule has 0 bridgehead atoms. The zero-order chi connectivity index (χ0) is 12.1. The Hall–Kier alpha value is -0.570. The summed E-state index contributed by atoms with van der Waals surface area (Å²) in [6, 6.07) is 0.448. The lowest BCUT2D eigenvalue weighted by Gasteiger charge is -2.35. The summed E-state index contributed by atoms with van der Waals surface area (Å²) in [5.74, 6) is 1.09. The van der Waals surface area contributed by atoms with Crippen LogP contribution in [0.25, 0.3) is 0 Å². The molecule has 3 heteroatoms. The predicted octanol–water partition coefficient (Wildman–Crippen LogP) is 2.01. The number of nitrogens with zero attached hydrogens (tertiary/aromatic N) is 1. The van der Waals surface area contributed by atoms with Gasteiger partial charge in [-0.3, -0.25) is 4.79 Å². The van der Waals surface area contributed by atoms with E-state index in [2.05, 4.69) is 6.92 Å². The highest BCUT2D eigenvalue weighted by Gasteiger charge is 2.27. The van der Waals surface area contributed by atoms with Crippen molar-refractivity contribution < 1.29 is 4.79 Å². The van der Waals surface area contributed by atoms with Crippen LogP contribution >= 0.6 is 0 Å². The maximum absolute atomic E-state index is 12.1. The topological polar surface area (TPSA) is 46.3 Å². The third-order valence-corrected chi connectivity index (χ3v) is 4.01. The molecule has 1 aliphatic carbocycles. The Morgan fingerprint density at radius 1 is 1.38 bits per heavy atom. The van der Waals surface area contributed by atoms with Gasteiger partial charge < -0.3 is 10.6 Å². The first kappa shape index (κ1) is 13.5. The van der Waals surface area contributed by atoms with Crippen molar-refractivity contribution in [2.75, 3.05) is 13.6 Å². The molecule has 0 radical (unpaired) electrons. The average Bonchev–Trinajstić information content (AvgIpc) is 2.30. The molecular weight excluding hydrogens is 200 g/mol. The van der Waals surface area contributed by atoms with Crippen molar-refractivity contribution in [2.45, 2.75) is 52.0 Å². The molecule has 1 aliphatic rings. The molecule has 0 spiro atoms. The molecule has 3 nitrogen and oxygen atoms in total. The molecule has 94 valence electrons. The van der Waals surface area contributed by atoms with Gasteiger partial charge in [-0.05, 0) is 38.0 Å². The summed E-state index contributed by atoms with van der Waals surface area (Å²) in [5.41, 5.74) is 5.63. The van der Waals surface area contributed by atoms with Gasteiger partial charge in [-0.2, -0.15) is 0 Å². The smallest absolute Gasteiger partial charge is 0.226 e. The molecule has 0 aromatic heterocycles. The van der Waals surface area contributed by atoms with Crippen LogP contribution in [0.3, 0.4) is 0 Å². The first-order valence-electron chi connectivity index (χ1n) is 6.56. The Balaban J connectivity index is 2.50.